The highest BCUT2D eigenvalue weighted by atomic mass is 35.5. The van der Waals surface area contributed by atoms with Gasteiger partial charge in [0.25, 0.3) is 5.91 Å². The van der Waals surface area contributed by atoms with E-state index in [1.54, 1.807) is 6.07 Å². The molecule has 0 saturated carbocycles. The molecule has 25 heavy (non-hydrogen) atoms. The van der Waals surface area contributed by atoms with E-state index >= 15 is 0 Å². The minimum Gasteiger partial charge on any atom is -0.480 e. The molecule has 130 valence electrons. The number of ether oxygens (including phenoxy) is 1. The lowest BCUT2D eigenvalue weighted by molar-refractivity contribution is -0.138. The number of carbonyl (C=O) groups is 1. The number of hydrogen-bond acceptors (Lipinski definition) is 3. The molecule has 4 nitrogen and oxygen atoms in total. The summed E-state index contributed by atoms with van der Waals surface area (Å²) < 4.78 is 5.82. The number of anilines is 1. The molecule has 0 spiro atoms. The van der Waals surface area contributed by atoms with Crippen molar-refractivity contribution in [1.29, 1.82) is 0 Å². The Bertz CT molecular complexity index is 804. The summed E-state index contributed by atoms with van der Waals surface area (Å²) in [6.45, 7) is 2.94. The first kappa shape index (κ1) is 16.6. The summed E-state index contributed by atoms with van der Waals surface area (Å²) in [5, 5.41) is 1.40. The number of fused-ring (bicyclic) bond motifs is 1. The number of halogens is 2. The van der Waals surface area contributed by atoms with Crippen LogP contribution in [0, 0.1) is 0 Å². The van der Waals surface area contributed by atoms with Gasteiger partial charge in [0.2, 0.25) is 0 Å². The molecule has 0 aromatic heterocycles. The second kappa shape index (κ2) is 6.77. The number of hydrogen-bond donors (Lipinski definition) is 0. The molecule has 0 N–H and O–H groups in total. The molecular formula is C19H18Cl2N2O2. The Morgan fingerprint density at radius 3 is 2.52 bits per heavy atom. The van der Waals surface area contributed by atoms with E-state index in [2.05, 4.69) is 4.90 Å². The van der Waals surface area contributed by atoms with Crippen LogP contribution in [-0.2, 0) is 11.2 Å². The quantitative estimate of drug-likeness (QED) is 0.801. The molecule has 0 bridgehead atoms. The molecule has 2 aromatic rings. The normalized spacial score (nSPS) is 19.5. The molecule has 6 heteroatoms. The van der Waals surface area contributed by atoms with Crippen LogP contribution in [0.3, 0.4) is 0 Å². The third kappa shape index (κ3) is 3.42. The van der Waals surface area contributed by atoms with Crippen molar-refractivity contribution in [1.82, 2.24) is 4.90 Å². The first-order chi connectivity index (χ1) is 12.1. The van der Waals surface area contributed by atoms with Crippen molar-refractivity contribution < 1.29 is 9.53 Å². The average molecular weight is 377 g/mol. The molecule has 0 unspecified atom stereocenters. The van der Waals surface area contributed by atoms with Gasteiger partial charge >= 0.3 is 0 Å². The number of nitrogens with zero attached hydrogens (tertiary/aromatic N) is 2. The number of amides is 1. The van der Waals surface area contributed by atoms with Gasteiger partial charge in [-0.1, -0.05) is 29.3 Å². The van der Waals surface area contributed by atoms with Crippen LogP contribution in [-0.4, -0.2) is 43.1 Å². The molecule has 1 atom stereocenters. The first-order valence-corrected chi connectivity index (χ1v) is 9.10. The summed E-state index contributed by atoms with van der Waals surface area (Å²) in [4.78, 5) is 16.9. The summed E-state index contributed by atoms with van der Waals surface area (Å²) in [6.07, 6.45) is 0.148. The topological polar surface area (TPSA) is 32.8 Å². The maximum Gasteiger partial charge on any atom is 0.264 e. The van der Waals surface area contributed by atoms with Crippen LogP contribution >= 0.6 is 23.2 Å². The monoisotopic (exact) mass is 376 g/mol. The van der Waals surface area contributed by atoms with Crippen LogP contribution in [0.4, 0.5) is 5.69 Å². The molecule has 1 fully saturated rings. The number of piperazine rings is 1. The molecular weight excluding hydrogens is 359 g/mol. The second-order valence-corrected chi connectivity index (χ2v) is 7.23. The van der Waals surface area contributed by atoms with Crippen molar-refractivity contribution >= 4 is 34.8 Å². The minimum absolute atomic E-state index is 0.0538. The average Bonchev–Trinajstić information content (AvgIpc) is 3.04. The Labute approximate surface area is 156 Å². The number of benzene rings is 2. The second-order valence-electron chi connectivity index (χ2n) is 6.35. The summed E-state index contributed by atoms with van der Waals surface area (Å²) in [5.41, 5.74) is 2.10. The lowest BCUT2D eigenvalue weighted by Gasteiger charge is -2.37. The van der Waals surface area contributed by atoms with E-state index in [1.807, 2.05) is 41.3 Å². The Hall–Kier alpha value is -1.91. The fraction of sp³-hybridized carbons (Fsp3) is 0.316. The Kier molecular flexibility index (Phi) is 4.48. The van der Waals surface area contributed by atoms with Gasteiger partial charge in [-0.15, -0.1) is 0 Å². The van der Waals surface area contributed by atoms with Gasteiger partial charge in [0.1, 0.15) is 5.75 Å². The van der Waals surface area contributed by atoms with Gasteiger partial charge in [0.15, 0.2) is 6.10 Å². The smallest absolute Gasteiger partial charge is 0.264 e. The van der Waals surface area contributed by atoms with Crippen LogP contribution in [0.25, 0.3) is 0 Å². The van der Waals surface area contributed by atoms with Crippen LogP contribution in [0.2, 0.25) is 10.0 Å². The van der Waals surface area contributed by atoms with Gasteiger partial charge in [-0.05, 0) is 42.0 Å². The minimum atomic E-state index is -0.439. The van der Waals surface area contributed by atoms with Crippen molar-refractivity contribution in [2.45, 2.75) is 12.5 Å². The molecule has 2 aliphatic rings. The van der Waals surface area contributed by atoms with Crippen molar-refractivity contribution in [3.05, 3.63) is 58.1 Å². The van der Waals surface area contributed by atoms with E-state index in [4.69, 9.17) is 27.9 Å². The van der Waals surface area contributed by atoms with Gasteiger partial charge in [-0.25, -0.2) is 0 Å². The van der Waals surface area contributed by atoms with Crippen molar-refractivity contribution in [3.8, 4) is 5.75 Å². The summed E-state index contributed by atoms with van der Waals surface area (Å²) >= 11 is 12.1. The zero-order valence-electron chi connectivity index (χ0n) is 13.6. The molecule has 2 aliphatic heterocycles. The Balaban J connectivity index is 1.37. The zero-order chi connectivity index (χ0) is 17.4. The molecule has 0 aliphatic carbocycles. The van der Waals surface area contributed by atoms with E-state index in [0.717, 1.165) is 35.1 Å². The van der Waals surface area contributed by atoms with Crippen LogP contribution in [0.15, 0.2) is 42.5 Å². The lowest BCUT2D eigenvalue weighted by Crippen LogP contribution is -2.52. The standard InChI is InChI=1S/C19H18Cl2N2O2/c20-14-2-1-3-16(12-14)22-6-8-23(9-7-22)19(24)18-11-13-10-15(21)4-5-17(13)25-18/h1-5,10,12,18H,6-9,11H2/t18-/m1/s1. The molecule has 2 aromatic carbocycles. The van der Waals surface area contributed by atoms with Crippen molar-refractivity contribution in [2.24, 2.45) is 0 Å². The molecule has 2 heterocycles. The molecule has 0 radical (unpaired) electrons. The van der Waals surface area contributed by atoms with Gasteiger partial charge in [-0.3, -0.25) is 4.79 Å². The van der Waals surface area contributed by atoms with Gasteiger partial charge in [0.05, 0.1) is 0 Å². The summed E-state index contributed by atoms with van der Waals surface area (Å²) in [5.74, 6) is 0.818. The van der Waals surface area contributed by atoms with Crippen molar-refractivity contribution in [2.75, 3.05) is 31.1 Å². The fourth-order valence-electron chi connectivity index (χ4n) is 3.42. The maximum atomic E-state index is 12.8. The van der Waals surface area contributed by atoms with Crippen LogP contribution in [0.1, 0.15) is 5.56 Å². The van der Waals surface area contributed by atoms with Gasteiger partial charge < -0.3 is 14.5 Å². The fourth-order valence-corrected chi connectivity index (χ4v) is 3.80. The third-order valence-corrected chi connectivity index (χ3v) is 5.21. The van der Waals surface area contributed by atoms with E-state index < -0.39 is 6.10 Å². The highest BCUT2D eigenvalue weighted by Crippen LogP contribution is 2.32. The zero-order valence-corrected chi connectivity index (χ0v) is 15.1. The highest BCUT2D eigenvalue weighted by molar-refractivity contribution is 6.31. The van der Waals surface area contributed by atoms with Crippen LogP contribution < -0.4 is 9.64 Å². The highest BCUT2D eigenvalue weighted by Gasteiger charge is 2.33. The van der Waals surface area contributed by atoms with Crippen molar-refractivity contribution in [3.63, 3.8) is 0 Å². The maximum absolute atomic E-state index is 12.8. The largest absolute Gasteiger partial charge is 0.480 e. The predicted molar refractivity (Wildman–Crippen MR) is 99.8 cm³/mol. The van der Waals surface area contributed by atoms with E-state index in [-0.39, 0.29) is 5.91 Å². The molecule has 1 amide bonds. The Morgan fingerprint density at radius 1 is 1.00 bits per heavy atom. The van der Waals surface area contributed by atoms with E-state index in [0.29, 0.717) is 24.5 Å². The van der Waals surface area contributed by atoms with Gasteiger partial charge in [-0.2, -0.15) is 0 Å². The number of rotatable bonds is 2. The summed E-state index contributed by atoms with van der Waals surface area (Å²) in [7, 11) is 0. The Morgan fingerprint density at radius 2 is 1.76 bits per heavy atom. The summed E-state index contributed by atoms with van der Waals surface area (Å²) in [6, 6.07) is 13.3. The van der Waals surface area contributed by atoms with E-state index in [1.165, 1.54) is 0 Å². The molecule has 4 rings (SSSR count). The predicted octanol–water partition coefficient (Wildman–Crippen LogP) is 3.65. The van der Waals surface area contributed by atoms with Gasteiger partial charge in [0, 0.05) is 48.3 Å². The first-order valence-electron chi connectivity index (χ1n) is 8.34. The van der Waals surface area contributed by atoms with Crippen LogP contribution in [0.5, 0.6) is 5.75 Å². The third-order valence-electron chi connectivity index (χ3n) is 4.74. The number of carbonyl (C=O) groups excluding carboxylic acids is 1. The van der Waals surface area contributed by atoms with E-state index in [9.17, 15) is 4.79 Å². The SMILES string of the molecule is O=C([C@H]1Cc2cc(Cl)ccc2O1)N1CCN(c2cccc(Cl)c2)CC1. The molecule has 1 saturated heterocycles. The lowest BCUT2D eigenvalue weighted by atomic mass is 10.1.